The molecular weight excluding hydrogens is 208 g/mol. The van der Waals surface area contributed by atoms with Gasteiger partial charge in [0.1, 0.15) is 18.2 Å². The number of rotatable bonds is 4. The summed E-state index contributed by atoms with van der Waals surface area (Å²) in [5.41, 5.74) is 0.778. The van der Waals surface area contributed by atoms with E-state index in [1.807, 2.05) is 6.92 Å². The number of carbonyl (C=O) groups excluding carboxylic acids is 1. The van der Waals surface area contributed by atoms with Crippen LogP contribution in [0.2, 0.25) is 0 Å². The number of nitrogens with one attached hydrogen (secondary N) is 2. The zero-order chi connectivity index (χ0) is 12.1. The fourth-order valence-electron chi connectivity index (χ4n) is 1.27. The number of aromatic nitrogens is 2. The topological polar surface area (TPSA) is 76.1 Å². The van der Waals surface area contributed by atoms with Gasteiger partial charge in [-0.3, -0.25) is 4.79 Å². The van der Waals surface area contributed by atoms with E-state index in [2.05, 4.69) is 20.6 Å². The first kappa shape index (κ1) is 12.2. The van der Waals surface area contributed by atoms with Crippen molar-refractivity contribution in [3.63, 3.8) is 0 Å². The molecule has 6 nitrogen and oxygen atoms in total. The summed E-state index contributed by atoms with van der Waals surface area (Å²) in [6.07, 6.45) is 1.39. The third-order valence-corrected chi connectivity index (χ3v) is 2.22. The standard InChI is InChI=1S/C10H16N4O2/c1-6-8(12-5-13-10(6)16-4)14-7(2)9(15)11-3/h5,7H,1-4H3,(H,11,15)(H,12,13,14). The lowest BCUT2D eigenvalue weighted by Crippen LogP contribution is -2.35. The normalized spacial score (nSPS) is 11.8. The fraction of sp³-hybridized carbons (Fsp3) is 0.500. The van der Waals surface area contributed by atoms with Crippen LogP contribution in [0.1, 0.15) is 12.5 Å². The zero-order valence-corrected chi connectivity index (χ0v) is 9.87. The lowest BCUT2D eigenvalue weighted by Gasteiger charge is -2.15. The number of anilines is 1. The molecule has 0 aromatic carbocycles. The maximum Gasteiger partial charge on any atom is 0.241 e. The van der Waals surface area contributed by atoms with Crippen LogP contribution in [0.3, 0.4) is 0 Å². The van der Waals surface area contributed by atoms with E-state index in [1.165, 1.54) is 6.33 Å². The first-order valence-electron chi connectivity index (χ1n) is 4.93. The van der Waals surface area contributed by atoms with Gasteiger partial charge in [0.15, 0.2) is 0 Å². The Hall–Kier alpha value is -1.85. The van der Waals surface area contributed by atoms with Gasteiger partial charge in [-0.15, -0.1) is 0 Å². The van der Waals surface area contributed by atoms with E-state index in [-0.39, 0.29) is 11.9 Å². The predicted octanol–water partition coefficient (Wildman–Crippen LogP) is 0.340. The van der Waals surface area contributed by atoms with Gasteiger partial charge in [0.25, 0.3) is 0 Å². The smallest absolute Gasteiger partial charge is 0.241 e. The fourth-order valence-corrected chi connectivity index (χ4v) is 1.27. The van der Waals surface area contributed by atoms with Gasteiger partial charge in [-0.1, -0.05) is 0 Å². The van der Waals surface area contributed by atoms with E-state index in [1.54, 1.807) is 21.1 Å². The Labute approximate surface area is 94.4 Å². The van der Waals surface area contributed by atoms with Gasteiger partial charge < -0.3 is 15.4 Å². The summed E-state index contributed by atoms with van der Waals surface area (Å²) in [7, 11) is 3.13. The van der Waals surface area contributed by atoms with E-state index < -0.39 is 0 Å². The molecule has 0 fully saturated rings. The molecule has 1 amide bonds. The number of likely N-dealkylation sites (N-methyl/N-ethyl adjacent to an activating group) is 1. The predicted molar refractivity (Wildman–Crippen MR) is 60.5 cm³/mol. The molecule has 1 aromatic rings. The average Bonchev–Trinajstić information content (AvgIpc) is 2.30. The molecule has 0 bridgehead atoms. The van der Waals surface area contributed by atoms with Gasteiger partial charge in [-0.25, -0.2) is 9.97 Å². The Morgan fingerprint density at radius 1 is 1.50 bits per heavy atom. The van der Waals surface area contributed by atoms with Crippen LogP contribution in [0, 0.1) is 6.92 Å². The van der Waals surface area contributed by atoms with Crippen LogP contribution < -0.4 is 15.4 Å². The van der Waals surface area contributed by atoms with Crippen molar-refractivity contribution in [2.24, 2.45) is 0 Å². The minimum Gasteiger partial charge on any atom is -0.481 e. The second kappa shape index (κ2) is 5.29. The van der Waals surface area contributed by atoms with Crippen molar-refractivity contribution >= 4 is 11.7 Å². The van der Waals surface area contributed by atoms with Crippen LogP contribution in [-0.4, -0.2) is 36.1 Å². The molecule has 0 aliphatic carbocycles. The minimum absolute atomic E-state index is 0.100. The molecule has 2 N–H and O–H groups in total. The Kier molecular flexibility index (Phi) is 4.04. The Bertz CT molecular complexity index is 381. The van der Waals surface area contributed by atoms with Crippen molar-refractivity contribution in [1.29, 1.82) is 0 Å². The Morgan fingerprint density at radius 3 is 2.75 bits per heavy atom. The van der Waals surface area contributed by atoms with Crippen molar-refractivity contribution in [3.8, 4) is 5.88 Å². The second-order valence-electron chi connectivity index (χ2n) is 3.34. The van der Waals surface area contributed by atoms with Gasteiger partial charge in [0.2, 0.25) is 11.8 Å². The Balaban J connectivity index is 2.85. The lowest BCUT2D eigenvalue weighted by molar-refractivity contribution is -0.121. The van der Waals surface area contributed by atoms with Gasteiger partial charge in [0.05, 0.1) is 12.7 Å². The number of hydrogen-bond donors (Lipinski definition) is 2. The third kappa shape index (κ3) is 2.59. The molecule has 1 heterocycles. The molecule has 1 unspecified atom stereocenters. The zero-order valence-electron chi connectivity index (χ0n) is 9.87. The van der Waals surface area contributed by atoms with Gasteiger partial charge >= 0.3 is 0 Å². The van der Waals surface area contributed by atoms with Crippen molar-refractivity contribution < 1.29 is 9.53 Å². The molecule has 1 aromatic heterocycles. The van der Waals surface area contributed by atoms with Crippen LogP contribution in [0.4, 0.5) is 5.82 Å². The van der Waals surface area contributed by atoms with Crippen LogP contribution >= 0.6 is 0 Å². The SMILES string of the molecule is CNC(=O)C(C)Nc1ncnc(OC)c1C. The molecule has 0 radical (unpaired) electrons. The number of methoxy groups -OCH3 is 1. The van der Waals surface area contributed by atoms with Crippen molar-refractivity contribution in [3.05, 3.63) is 11.9 Å². The largest absolute Gasteiger partial charge is 0.481 e. The summed E-state index contributed by atoms with van der Waals surface area (Å²) >= 11 is 0. The maximum absolute atomic E-state index is 11.3. The second-order valence-corrected chi connectivity index (χ2v) is 3.34. The molecule has 1 atom stereocenters. The third-order valence-electron chi connectivity index (χ3n) is 2.22. The molecule has 6 heteroatoms. The molecule has 0 aliphatic heterocycles. The van der Waals surface area contributed by atoms with E-state index in [0.717, 1.165) is 5.56 Å². The molecule has 1 rings (SSSR count). The van der Waals surface area contributed by atoms with Crippen molar-refractivity contribution in [1.82, 2.24) is 15.3 Å². The van der Waals surface area contributed by atoms with Crippen LogP contribution in [0.25, 0.3) is 0 Å². The van der Waals surface area contributed by atoms with Gasteiger partial charge in [-0.05, 0) is 13.8 Å². The molecule has 16 heavy (non-hydrogen) atoms. The first-order chi connectivity index (χ1) is 7.60. The highest BCUT2D eigenvalue weighted by atomic mass is 16.5. The number of amides is 1. The summed E-state index contributed by atoms with van der Waals surface area (Å²) in [5.74, 6) is 1.00. The lowest BCUT2D eigenvalue weighted by atomic mass is 10.2. The highest BCUT2D eigenvalue weighted by Crippen LogP contribution is 2.20. The van der Waals surface area contributed by atoms with Crippen LogP contribution in [0.5, 0.6) is 5.88 Å². The number of hydrogen-bond acceptors (Lipinski definition) is 5. The van der Waals surface area contributed by atoms with E-state index in [9.17, 15) is 4.79 Å². The molecule has 0 aliphatic rings. The summed E-state index contributed by atoms with van der Waals surface area (Å²) in [6, 6.07) is -0.358. The van der Waals surface area contributed by atoms with Gasteiger partial charge in [0, 0.05) is 7.05 Å². The number of nitrogens with zero attached hydrogens (tertiary/aromatic N) is 2. The quantitative estimate of drug-likeness (QED) is 0.771. The molecule has 0 spiro atoms. The highest BCUT2D eigenvalue weighted by Gasteiger charge is 2.14. The maximum atomic E-state index is 11.3. The van der Waals surface area contributed by atoms with E-state index in [4.69, 9.17) is 4.74 Å². The molecule has 0 saturated heterocycles. The Morgan fingerprint density at radius 2 is 2.19 bits per heavy atom. The van der Waals surface area contributed by atoms with E-state index in [0.29, 0.717) is 11.7 Å². The highest BCUT2D eigenvalue weighted by molar-refractivity contribution is 5.83. The minimum atomic E-state index is -0.358. The van der Waals surface area contributed by atoms with Crippen LogP contribution in [0.15, 0.2) is 6.33 Å². The molecular formula is C10H16N4O2. The van der Waals surface area contributed by atoms with Crippen LogP contribution in [-0.2, 0) is 4.79 Å². The van der Waals surface area contributed by atoms with Gasteiger partial charge in [-0.2, -0.15) is 0 Å². The summed E-state index contributed by atoms with van der Waals surface area (Å²) < 4.78 is 5.06. The van der Waals surface area contributed by atoms with Crippen molar-refractivity contribution in [2.75, 3.05) is 19.5 Å². The number of ether oxygens (including phenoxy) is 1. The molecule has 0 saturated carbocycles. The number of carbonyl (C=O) groups is 1. The summed E-state index contributed by atoms with van der Waals surface area (Å²) in [4.78, 5) is 19.4. The summed E-state index contributed by atoms with van der Waals surface area (Å²) in [5, 5.41) is 5.55. The first-order valence-corrected chi connectivity index (χ1v) is 4.93. The molecule has 88 valence electrons. The monoisotopic (exact) mass is 224 g/mol. The average molecular weight is 224 g/mol. The van der Waals surface area contributed by atoms with Crippen molar-refractivity contribution in [2.45, 2.75) is 19.9 Å². The summed E-state index contributed by atoms with van der Waals surface area (Å²) in [6.45, 7) is 3.59. The van der Waals surface area contributed by atoms with E-state index >= 15 is 0 Å².